The quantitative estimate of drug-likeness (QED) is 0.773. The fraction of sp³-hybridized carbons (Fsp3) is 0.810. The lowest BCUT2D eigenvalue weighted by molar-refractivity contribution is -0.146. The second-order valence-corrected chi connectivity index (χ2v) is 9.28. The molecule has 3 saturated carbocycles. The number of esters is 1. The predicted molar refractivity (Wildman–Crippen MR) is 93.4 cm³/mol. The van der Waals surface area contributed by atoms with E-state index in [4.69, 9.17) is 9.84 Å². The summed E-state index contributed by atoms with van der Waals surface area (Å²) in [5.74, 6) is 1.67. The van der Waals surface area contributed by atoms with Crippen molar-refractivity contribution in [1.29, 1.82) is 0 Å². The smallest absolute Gasteiger partial charge is 0.337 e. The van der Waals surface area contributed by atoms with Crippen LogP contribution in [0.1, 0.15) is 71.6 Å². The van der Waals surface area contributed by atoms with E-state index in [0.717, 1.165) is 36.7 Å². The Morgan fingerprint density at radius 1 is 1.12 bits per heavy atom. The Morgan fingerprint density at radius 3 is 2.68 bits per heavy atom. The van der Waals surface area contributed by atoms with Crippen LogP contribution < -0.4 is 0 Å². The second-order valence-electron chi connectivity index (χ2n) is 9.28. The van der Waals surface area contributed by atoms with Crippen LogP contribution in [-0.4, -0.2) is 23.5 Å². The molecule has 0 heterocycles. The Kier molecular flexibility index (Phi) is 4.10. The van der Waals surface area contributed by atoms with Gasteiger partial charge in [-0.1, -0.05) is 20.3 Å². The molecule has 0 unspecified atom stereocenters. The fourth-order valence-electron chi connectivity index (χ4n) is 6.92. The zero-order chi connectivity index (χ0) is 17.8. The number of Topliss-reactive ketones (excluding diaryl/α,β-unsaturated/α-hetero) is 1. The number of hydrogen-bond donors (Lipinski definition) is 1. The standard InChI is InChI=1S/C21H30O4/c1-20-9-3-4-14(20)13-5-6-16-19(25-18(24)12-22)17(23)8-11-21(16,2)15(13)7-10-20/h13-15,22H,3-12H2,1-2H3/t13-,14-,15-,20-,21+/m0/s1. The number of allylic oxidation sites excluding steroid dienone is 1. The summed E-state index contributed by atoms with van der Waals surface area (Å²) in [5.41, 5.74) is 1.56. The fourth-order valence-corrected chi connectivity index (χ4v) is 6.92. The summed E-state index contributed by atoms with van der Waals surface area (Å²) in [6, 6.07) is 0. The van der Waals surface area contributed by atoms with E-state index in [1.807, 2.05) is 0 Å². The summed E-state index contributed by atoms with van der Waals surface area (Å²) in [6.07, 6.45) is 9.94. The highest BCUT2D eigenvalue weighted by molar-refractivity contribution is 5.97. The number of ketones is 1. The van der Waals surface area contributed by atoms with E-state index in [0.29, 0.717) is 17.8 Å². The van der Waals surface area contributed by atoms with Gasteiger partial charge in [-0.25, -0.2) is 4.79 Å². The minimum atomic E-state index is -0.714. The zero-order valence-corrected chi connectivity index (χ0v) is 15.5. The maximum atomic E-state index is 12.4. The molecule has 0 aromatic carbocycles. The third-order valence-electron chi connectivity index (χ3n) is 8.20. The molecule has 4 rings (SSSR count). The van der Waals surface area contributed by atoms with Gasteiger partial charge in [-0.15, -0.1) is 0 Å². The molecular formula is C21H30O4. The molecule has 25 heavy (non-hydrogen) atoms. The Morgan fingerprint density at radius 2 is 1.92 bits per heavy atom. The van der Waals surface area contributed by atoms with Gasteiger partial charge in [0.25, 0.3) is 0 Å². The first-order valence-electron chi connectivity index (χ1n) is 9.97. The van der Waals surface area contributed by atoms with Gasteiger partial charge in [-0.2, -0.15) is 0 Å². The number of fused-ring (bicyclic) bond motifs is 5. The molecule has 0 amide bonds. The molecule has 0 aliphatic heterocycles. The first-order chi connectivity index (χ1) is 11.9. The third kappa shape index (κ3) is 2.51. The minimum absolute atomic E-state index is 0.0220. The highest BCUT2D eigenvalue weighted by atomic mass is 16.6. The number of carbonyl (C=O) groups is 2. The predicted octanol–water partition coefficient (Wildman–Crippen LogP) is 3.77. The molecule has 0 aromatic rings. The molecule has 3 fully saturated rings. The molecule has 138 valence electrons. The largest absolute Gasteiger partial charge is 0.421 e. The van der Waals surface area contributed by atoms with Crippen LogP contribution in [0.4, 0.5) is 0 Å². The van der Waals surface area contributed by atoms with Crippen molar-refractivity contribution in [2.24, 2.45) is 28.6 Å². The highest BCUT2D eigenvalue weighted by Crippen LogP contribution is 2.65. The van der Waals surface area contributed by atoms with Gasteiger partial charge in [0.2, 0.25) is 0 Å². The molecule has 1 N–H and O–H groups in total. The Hall–Kier alpha value is -1.16. The molecular weight excluding hydrogens is 316 g/mol. The molecule has 4 aliphatic rings. The van der Waals surface area contributed by atoms with Gasteiger partial charge in [0, 0.05) is 6.42 Å². The van der Waals surface area contributed by atoms with Gasteiger partial charge in [-0.3, -0.25) is 4.79 Å². The molecule has 5 atom stereocenters. The monoisotopic (exact) mass is 346 g/mol. The van der Waals surface area contributed by atoms with Crippen molar-refractivity contribution < 1.29 is 19.4 Å². The van der Waals surface area contributed by atoms with Crippen LogP contribution in [0.15, 0.2) is 11.3 Å². The Labute approximate surface area is 150 Å². The van der Waals surface area contributed by atoms with Gasteiger partial charge in [0.15, 0.2) is 11.5 Å². The van der Waals surface area contributed by atoms with Gasteiger partial charge in [0.05, 0.1) is 0 Å². The average Bonchev–Trinajstić information content (AvgIpc) is 2.99. The average molecular weight is 346 g/mol. The summed E-state index contributed by atoms with van der Waals surface area (Å²) in [5, 5.41) is 9.02. The summed E-state index contributed by atoms with van der Waals surface area (Å²) < 4.78 is 5.31. The third-order valence-corrected chi connectivity index (χ3v) is 8.20. The van der Waals surface area contributed by atoms with Crippen LogP contribution in [0.5, 0.6) is 0 Å². The maximum Gasteiger partial charge on any atom is 0.337 e. The zero-order valence-electron chi connectivity index (χ0n) is 15.5. The van der Waals surface area contributed by atoms with Crippen LogP contribution >= 0.6 is 0 Å². The Balaban J connectivity index is 1.70. The highest BCUT2D eigenvalue weighted by Gasteiger charge is 2.57. The second kappa shape index (κ2) is 5.94. The van der Waals surface area contributed by atoms with E-state index >= 15 is 0 Å². The normalized spacial score (nSPS) is 43.3. The van der Waals surface area contributed by atoms with Crippen molar-refractivity contribution in [2.75, 3.05) is 6.61 Å². The molecule has 0 bridgehead atoms. The molecule has 4 aliphatic carbocycles. The lowest BCUT2D eigenvalue weighted by atomic mass is 9.47. The molecule has 0 saturated heterocycles. The molecule has 4 heteroatoms. The van der Waals surface area contributed by atoms with Crippen molar-refractivity contribution in [2.45, 2.75) is 71.6 Å². The number of rotatable bonds is 2. The van der Waals surface area contributed by atoms with E-state index in [9.17, 15) is 9.59 Å². The van der Waals surface area contributed by atoms with Gasteiger partial charge < -0.3 is 9.84 Å². The first-order valence-corrected chi connectivity index (χ1v) is 9.97. The van der Waals surface area contributed by atoms with Crippen molar-refractivity contribution >= 4 is 11.8 Å². The van der Waals surface area contributed by atoms with Crippen LogP contribution in [0, 0.1) is 28.6 Å². The van der Waals surface area contributed by atoms with Gasteiger partial charge in [0.1, 0.15) is 6.61 Å². The Bertz CT molecular complexity index is 636. The summed E-state index contributed by atoms with van der Waals surface area (Å²) in [6.45, 7) is 4.12. The van der Waals surface area contributed by atoms with Crippen LogP contribution in [-0.2, 0) is 14.3 Å². The number of hydrogen-bond acceptors (Lipinski definition) is 4. The number of aliphatic hydroxyl groups excluding tert-OH is 1. The van der Waals surface area contributed by atoms with E-state index in [1.165, 1.54) is 32.1 Å². The minimum Gasteiger partial charge on any atom is -0.421 e. The summed E-state index contributed by atoms with van der Waals surface area (Å²) in [4.78, 5) is 24.0. The van der Waals surface area contributed by atoms with Gasteiger partial charge in [-0.05, 0) is 79.1 Å². The van der Waals surface area contributed by atoms with E-state index in [2.05, 4.69) is 13.8 Å². The molecule has 4 nitrogen and oxygen atoms in total. The lowest BCUT2D eigenvalue weighted by Crippen LogP contribution is -2.50. The van der Waals surface area contributed by atoms with E-state index in [-0.39, 0.29) is 17.0 Å². The van der Waals surface area contributed by atoms with Gasteiger partial charge >= 0.3 is 5.97 Å². The first kappa shape index (κ1) is 17.3. The number of ether oxygens (including phenoxy) is 1. The molecule has 0 spiro atoms. The maximum absolute atomic E-state index is 12.4. The lowest BCUT2D eigenvalue weighted by Gasteiger charge is -2.57. The van der Waals surface area contributed by atoms with Crippen LogP contribution in [0.25, 0.3) is 0 Å². The summed E-state index contributed by atoms with van der Waals surface area (Å²) in [7, 11) is 0. The number of carbonyl (C=O) groups excluding carboxylic acids is 2. The van der Waals surface area contributed by atoms with Crippen LogP contribution in [0.3, 0.4) is 0 Å². The van der Waals surface area contributed by atoms with Crippen molar-refractivity contribution in [3.8, 4) is 0 Å². The SMILES string of the molecule is C[C@@]12CCC[C@H]1[C@@H]1CCC3=C(OC(=O)CO)C(=O)CC[C@]3(C)[C@H]1CC2. The van der Waals surface area contributed by atoms with E-state index in [1.54, 1.807) is 0 Å². The van der Waals surface area contributed by atoms with Crippen LogP contribution in [0.2, 0.25) is 0 Å². The van der Waals surface area contributed by atoms with Crippen molar-refractivity contribution in [3.63, 3.8) is 0 Å². The molecule has 0 aromatic heterocycles. The summed E-state index contributed by atoms with van der Waals surface area (Å²) >= 11 is 0. The van der Waals surface area contributed by atoms with Crippen molar-refractivity contribution in [3.05, 3.63) is 11.3 Å². The molecule has 0 radical (unpaired) electrons. The van der Waals surface area contributed by atoms with E-state index < -0.39 is 12.6 Å². The van der Waals surface area contributed by atoms with Crippen molar-refractivity contribution in [1.82, 2.24) is 0 Å². The number of aliphatic hydroxyl groups is 1. The topological polar surface area (TPSA) is 63.6 Å².